The fraction of sp³-hybridized carbons (Fsp3) is 0.182. The molecular weight excluding hydrogens is 164 g/mol. The molecule has 2 heteroatoms. The molecule has 0 bridgehead atoms. The Kier molecular flexibility index (Phi) is 3.41. The largest absolute Gasteiger partial charge is 0.392 e. The van der Waals surface area contributed by atoms with E-state index in [1.165, 1.54) is 6.08 Å². The lowest BCUT2D eigenvalue weighted by atomic mass is 10.1. The van der Waals surface area contributed by atoms with Crippen LogP contribution in [-0.4, -0.2) is 17.5 Å². The molecule has 0 heterocycles. The van der Waals surface area contributed by atoms with Gasteiger partial charge in [0.25, 0.3) is 0 Å². The zero-order valence-electron chi connectivity index (χ0n) is 7.53. The number of ketones is 1. The number of hydrogen-bond donors (Lipinski definition) is 1. The van der Waals surface area contributed by atoms with Gasteiger partial charge >= 0.3 is 0 Å². The summed E-state index contributed by atoms with van der Waals surface area (Å²) >= 11 is 0. The van der Waals surface area contributed by atoms with E-state index in [2.05, 4.69) is 0 Å². The number of carbonyl (C=O) groups is 1. The zero-order valence-corrected chi connectivity index (χ0v) is 7.53. The van der Waals surface area contributed by atoms with E-state index in [1.54, 1.807) is 19.1 Å². The van der Waals surface area contributed by atoms with Gasteiger partial charge in [-0.3, -0.25) is 4.79 Å². The highest BCUT2D eigenvalue weighted by atomic mass is 16.2. The maximum atomic E-state index is 11.6. The number of aliphatic hydroxyl groups excluding tert-OH is 1. The average Bonchev–Trinajstić information content (AvgIpc) is 2.18. The number of Topliss-reactive ketones (excluding diaryl/α,β-unsaturated/α-hetero) is 1. The predicted octanol–water partition coefficient (Wildman–Crippen LogP) is 1.81. The lowest BCUT2D eigenvalue weighted by Crippen LogP contribution is -2.00. The molecule has 1 N–H and O–H groups in total. The van der Waals surface area contributed by atoms with E-state index in [4.69, 9.17) is 5.11 Å². The van der Waals surface area contributed by atoms with Crippen molar-refractivity contribution in [1.29, 1.82) is 0 Å². The van der Waals surface area contributed by atoms with Crippen molar-refractivity contribution in [3.05, 3.63) is 47.5 Å². The van der Waals surface area contributed by atoms with Crippen LogP contribution in [0.2, 0.25) is 0 Å². The molecule has 0 aliphatic heterocycles. The fourth-order valence-corrected chi connectivity index (χ4v) is 1.05. The fourth-order valence-electron chi connectivity index (χ4n) is 1.05. The van der Waals surface area contributed by atoms with Crippen LogP contribution in [0.1, 0.15) is 17.3 Å². The first-order valence-corrected chi connectivity index (χ1v) is 4.13. The van der Waals surface area contributed by atoms with Gasteiger partial charge in [0.2, 0.25) is 0 Å². The van der Waals surface area contributed by atoms with Gasteiger partial charge in [-0.2, -0.15) is 0 Å². The van der Waals surface area contributed by atoms with Gasteiger partial charge in [-0.15, -0.1) is 0 Å². The molecule has 0 amide bonds. The highest BCUT2D eigenvalue weighted by Gasteiger charge is 2.05. The summed E-state index contributed by atoms with van der Waals surface area (Å²) in [5, 5.41) is 8.60. The van der Waals surface area contributed by atoms with E-state index in [-0.39, 0.29) is 12.4 Å². The van der Waals surface area contributed by atoms with Crippen molar-refractivity contribution < 1.29 is 9.90 Å². The Morgan fingerprint density at radius 1 is 1.38 bits per heavy atom. The lowest BCUT2D eigenvalue weighted by molar-refractivity contribution is 0.103. The zero-order chi connectivity index (χ0) is 9.68. The molecule has 0 saturated carbocycles. The van der Waals surface area contributed by atoms with Gasteiger partial charge in [0, 0.05) is 5.56 Å². The van der Waals surface area contributed by atoms with Gasteiger partial charge in [-0.25, -0.2) is 0 Å². The molecule has 0 radical (unpaired) electrons. The third-order valence-electron chi connectivity index (χ3n) is 1.79. The minimum absolute atomic E-state index is 0.0327. The van der Waals surface area contributed by atoms with Gasteiger partial charge in [-0.1, -0.05) is 36.4 Å². The van der Waals surface area contributed by atoms with Crippen molar-refractivity contribution in [1.82, 2.24) is 0 Å². The first kappa shape index (κ1) is 9.68. The lowest BCUT2D eigenvalue weighted by Gasteiger charge is -1.99. The number of rotatable bonds is 3. The van der Waals surface area contributed by atoms with Crippen LogP contribution in [0.5, 0.6) is 0 Å². The Balaban J connectivity index is 2.86. The Morgan fingerprint density at radius 3 is 2.54 bits per heavy atom. The molecule has 0 saturated heterocycles. The third kappa shape index (κ3) is 2.53. The van der Waals surface area contributed by atoms with Crippen molar-refractivity contribution in [3.8, 4) is 0 Å². The van der Waals surface area contributed by atoms with Gasteiger partial charge in [0.05, 0.1) is 6.61 Å². The highest BCUT2D eigenvalue weighted by molar-refractivity contribution is 6.08. The second-order valence-corrected chi connectivity index (χ2v) is 2.76. The number of carbonyl (C=O) groups excluding carboxylic acids is 1. The van der Waals surface area contributed by atoms with Crippen LogP contribution in [0.15, 0.2) is 42.0 Å². The number of aliphatic hydroxyl groups is 1. The molecule has 0 unspecified atom stereocenters. The first-order chi connectivity index (χ1) is 6.25. The maximum absolute atomic E-state index is 11.6. The molecule has 1 rings (SSSR count). The average molecular weight is 176 g/mol. The van der Waals surface area contributed by atoms with E-state index in [9.17, 15) is 4.79 Å². The summed E-state index contributed by atoms with van der Waals surface area (Å²) in [5.41, 5.74) is 1.23. The van der Waals surface area contributed by atoms with Crippen LogP contribution >= 0.6 is 0 Å². The molecule has 0 aliphatic carbocycles. The molecule has 0 atom stereocenters. The van der Waals surface area contributed by atoms with Crippen LogP contribution in [0.25, 0.3) is 0 Å². The molecular formula is C11H12O2. The van der Waals surface area contributed by atoms with Gasteiger partial charge in [0.15, 0.2) is 5.78 Å². The number of hydrogen-bond acceptors (Lipinski definition) is 2. The number of allylic oxidation sites excluding steroid dienone is 1. The van der Waals surface area contributed by atoms with Crippen LogP contribution in [0.3, 0.4) is 0 Å². The molecule has 1 aromatic carbocycles. The van der Waals surface area contributed by atoms with Crippen molar-refractivity contribution in [3.63, 3.8) is 0 Å². The second-order valence-electron chi connectivity index (χ2n) is 2.76. The van der Waals surface area contributed by atoms with E-state index in [0.29, 0.717) is 11.1 Å². The molecule has 13 heavy (non-hydrogen) atoms. The summed E-state index contributed by atoms with van der Waals surface area (Å²) < 4.78 is 0. The minimum Gasteiger partial charge on any atom is -0.392 e. The molecule has 0 aromatic heterocycles. The third-order valence-corrected chi connectivity index (χ3v) is 1.79. The van der Waals surface area contributed by atoms with Crippen molar-refractivity contribution in [2.75, 3.05) is 6.61 Å². The summed E-state index contributed by atoms with van der Waals surface area (Å²) in [7, 11) is 0. The van der Waals surface area contributed by atoms with Crippen LogP contribution < -0.4 is 0 Å². The van der Waals surface area contributed by atoms with E-state index in [0.717, 1.165) is 0 Å². The Hall–Kier alpha value is -1.41. The molecule has 2 nitrogen and oxygen atoms in total. The standard InChI is InChI=1S/C11H12O2/c1-9(7-8-12)11(13)10-5-3-2-4-6-10/h2-7,12H,8H2,1H3/b9-7+. The second kappa shape index (κ2) is 4.58. The van der Waals surface area contributed by atoms with Crippen molar-refractivity contribution in [2.45, 2.75) is 6.92 Å². The summed E-state index contributed by atoms with van der Waals surface area (Å²) in [6.07, 6.45) is 1.51. The normalized spacial score (nSPS) is 11.4. The topological polar surface area (TPSA) is 37.3 Å². The predicted molar refractivity (Wildman–Crippen MR) is 51.6 cm³/mol. The highest BCUT2D eigenvalue weighted by Crippen LogP contribution is 2.06. The van der Waals surface area contributed by atoms with Crippen LogP contribution in [0.4, 0.5) is 0 Å². The summed E-state index contributed by atoms with van der Waals surface area (Å²) in [6, 6.07) is 9.02. The molecule has 0 fully saturated rings. The monoisotopic (exact) mass is 176 g/mol. The molecule has 68 valence electrons. The van der Waals surface area contributed by atoms with E-state index in [1.807, 2.05) is 18.2 Å². The Morgan fingerprint density at radius 2 is 2.00 bits per heavy atom. The summed E-state index contributed by atoms with van der Waals surface area (Å²) in [6.45, 7) is 1.61. The smallest absolute Gasteiger partial charge is 0.188 e. The summed E-state index contributed by atoms with van der Waals surface area (Å²) in [5.74, 6) is -0.0327. The quantitative estimate of drug-likeness (QED) is 0.563. The molecule has 0 spiro atoms. The Bertz CT molecular complexity index is 312. The molecule has 1 aromatic rings. The number of benzene rings is 1. The van der Waals surface area contributed by atoms with Crippen LogP contribution in [0, 0.1) is 0 Å². The summed E-state index contributed by atoms with van der Waals surface area (Å²) in [4.78, 5) is 11.6. The van der Waals surface area contributed by atoms with Crippen molar-refractivity contribution >= 4 is 5.78 Å². The maximum Gasteiger partial charge on any atom is 0.188 e. The molecule has 0 aliphatic rings. The van der Waals surface area contributed by atoms with Gasteiger partial charge < -0.3 is 5.11 Å². The van der Waals surface area contributed by atoms with Crippen molar-refractivity contribution in [2.24, 2.45) is 0 Å². The van der Waals surface area contributed by atoms with Gasteiger partial charge in [0.1, 0.15) is 0 Å². The van der Waals surface area contributed by atoms with Crippen LogP contribution in [-0.2, 0) is 0 Å². The SMILES string of the molecule is C/C(=C\CO)C(=O)c1ccccc1. The van der Waals surface area contributed by atoms with Gasteiger partial charge in [-0.05, 0) is 12.5 Å². The van der Waals surface area contributed by atoms with E-state index < -0.39 is 0 Å². The Labute approximate surface area is 77.5 Å². The first-order valence-electron chi connectivity index (χ1n) is 4.13. The van der Waals surface area contributed by atoms with E-state index >= 15 is 0 Å². The minimum atomic E-state index is -0.0929.